The van der Waals surface area contributed by atoms with Crippen LogP contribution in [0.5, 0.6) is 0 Å². The van der Waals surface area contributed by atoms with Gasteiger partial charge in [-0.1, -0.05) is 60.7 Å². The summed E-state index contributed by atoms with van der Waals surface area (Å²) in [4.78, 5) is 22.9. The van der Waals surface area contributed by atoms with Crippen LogP contribution in [0.4, 0.5) is 0 Å². The number of ether oxygens (including phenoxy) is 2. The number of hydrogen-bond donors (Lipinski definition) is 0. The van der Waals surface area contributed by atoms with Crippen LogP contribution in [0.1, 0.15) is 43.6 Å². The third-order valence-corrected chi connectivity index (χ3v) is 3.39. The summed E-state index contributed by atoms with van der Waals surface area (Å²) in [6, 6.07) is 18.9. The van der Waals surface area contributed by atoms with Gasteiger partial charge in [0, 0.05) is 20.3 Å². The Balaban J connectivity index is 2.26. The fourth-order valence-corrected chi connectivity index (χ4v) is 2.43. The van der Waals surface area contributed by atoms with Gasteiger partial charge in [-0.3, -0.25) is 9.59 Å². The van der Waals surface area contributed by atoms with Crippen molar-refractivity contribution < 1.29 is 19.1 Å². The van der Waals surface area contributed by atoms with Crippen LogP contribution in [0.2, 0.25) is 0 Å². The van der Waals surface area contributed by atoms with E-state index in [0.717, 1.165) is 11.1 Å². The molecular formula is C19H20O4. The first-order valence-corrected chi connectivity index (χ1v) is 7.50. The van der Waals surface area contributed by atoms with Crippen molar-refractivity contribution in [3.8, 4) is 0 Å². The average molecular weight is 312 g/mol. The van der Waals surface area contributed by atoms with Gasteiger partial charge in [-0.25, -0.2) is 0 Å². The monoisotopic (exact) mass is 312 g/mol. The Hall–Kier alpha value is -2.62. The molecule has 4 heteroatoms. The number of benzene rings is 2. The molecule has 2 unspecified atom stereocenters. The zero-order valence-corrected chi connectivity index (χ0v) is 13.3. The van der Waals surface area contributed by atoms with Crippen LogP contribution in [0.15, 0.2) is 60.7 Å². The molecule has 0 aliphatic carbocycles. The molecule has 120 valence electrons. The van der Waals surface area contributed by atoms with E-state index >= 15 is 0 Å². The van der Waals surface area contributed by atoms with Crippen LogP contribution in [0.3, 0.4) is 0 Å². The van der Waals surface area contributed by atoms with E-state index in [9.17, 15) is 9.59 Å². The molecule has 4 nitrogen and oxygen atoms in total. The minimum atomic E-state index is -0.474. The zero-order chi connectivity index (χ0) is 16.7. The van der Waals surface area contributed by atoms with Gasteiger partial charge >= 0.3 is 11.9 Å². The second-order valence-electron chi connectivity index (χ2n) is 5.25. The molecule has 2 atom stereocenters. The Morgan fingerprint density at radius 3 is 1.39 bits per heavy atom. The van der Waals surface area contributed by atoms with Gasteiger partial charge in [0.2, 0.25) is 0 Å². The molecule has 0 heterocycles. The normalized spacial score (nSPS) is 13.0. The molecule has 0 saturated heterocycles. The first-order chi connectivity index (χ1) is 11.1. The lowest BCUT2D eigenvalue weighted by Gasteiger charge is -2.24. The molecule has 0 saturated carbocycles. The van der Waals surface area contributed by atoms with Gasteiger partial charge in [-0.15, -0.1) is 0 Å². The lowest BCUT2D eigenvalue weighted by molar-refractivity contribution is -0.153. The first kappa shape index (κ1) is 16.7. The first-order valence-electron chi connectivity index (χ1n) is 7.50. The van der Waals surface area contributed by atoms with Crippen molar-refractivity contribution in [1.29, 1.82) is 0 Å². The van der Waals surface area contributed by atoms with Crippen molar-refractivity contribution in [2.75, 3.05) is 0 Å². The second kappa shape index (κ2) is 8.13. The predicted octanol–water partition coefficient (Wildman–Crippen LogP) is 3.99. The standard InChI is InChI=1S/C19H20O4/c1-14(20)22-18(16-9-5-3-6-10-16)13-19(23-15(2)21)17-11-7-4-8-12-17/h3-12,18-19H,13H2,1-2H3. The maximum absolute atomic E-state index is 11.4. The number of hydrogen-bond acceptors (Lipinski definition) is 4. The quantitative estimate of drug-likeness (QED) is 0.757. The highest BCUT2D eigenvalue weighted by atomic mass is 16.6. The topological polar surface area (TPSA) is 52.6 Å². The zero-order valence-electron chi connectivity index (χ0n) is 13.3. The van der Waals surface area contributed by atoms with Crippen molar-refractivity contribution in [2.45, 2.75) is 32.5 Å². The van der Waals surface area contributed by atoms with E-state index in [1.54, 1.807) is 0 Å². The van der Waals surface area contributed by atoms with Gasteiger partial charge < -0.3 is 9.47 Å². The van der Waals surface area contributed by atoms with Gasteiger partial charge in [0.1, 0.15) is 12.2 Å². The molecule has 23 heavy (non-hydrogen) atoms. The number of rotatable bonds is 6. The Morgan fingerprint density at radius 1 is 0.739 bits per heavy atom. The van der Waals surface area contributed by atoms with Gasteiger partial charge in [0.15, 0.2) is 0 Å². The Morgan fingerprint density at radius 2 is 1.09 bits per heavy atom. The van der Waals surface area contributed by atoms with Gasteiger partial charge in [-0.2, -0.15) is 0 Å². The maximum Gasteiger partial charge on any atom is 0.303 e. The van der Waals surface area contributed by atoms with Gasteiger partial charge in [-0.05, 0) is 11.1 Å². The Kier molecular flexibility index (Phi) is 5.92. The fourth-order valence-electron chi connectivity index (χ4n) is 2.43. The highest BCUT2D eigenvalue weighted by molar-refractivity contribution is 5.67. The van der Waals surface area contributed by atoms with E-state index in [0.29, 0.717) is 6.42 Å². The number of esters is 2. The largest absolute Gasteiger partial charge is 0.458 e. The molecule has 0 bridgehead atoms. The molecule has 0 N–H and O–H groups in total. The summed E-state index contributed by atoms with van der Waals surface area (Å²) in [6.45, 7) is 2.75. The van der Waals surface area contributed by atoms with E-state index in [1.165, 1.54) is 13.8 Å². The third kappa shape index (κ3) is 5.25. The summed E-state index contributed by atoms with van der Waals surface area (Å²) in [6.07, 6.45) is -0.579. The summed E-state index contributed by atoms with van der Waals surface area (Å²) >= 11 is 0. The van der Waals surface area contributed by atoms with E-state index in [2.05, 4.69) is 0 Å². The second-order valence-corrected chi connectivity index (χ2v) is 5.25. The fraction of sp³-hybridized carbons (Fsp3) is 0.263. The van der Waals surface area contributed by atoms with Crippen LogP contribution in [-0.2, 0) is 19.1 Å². The molecular weight excluding hydrogens is 292 g/mol. The van der Waals surface area contributed by atoms with Crippen LogP contribution in [0, 0.1) is 0 Å². The lowest BCUT2D eigenvalue weighted by Crippen LogP contribution is -2.16. The maximum atomic E-state index is 11.4. The van der Waals surface area contributed by atoms with Crippen LogP contribution in [0.25, 0.3) is 0 Å². The van der Waals surface area contributed by atoms with E-state index < -0.39 is 12.2 Å². The molecule has 0 radical (unpaired) electrons. The molecule has 2 aromatic carbocycles. The van der Waals surface area contributed by atoms with E-state index in [-0.39, 0.29) is 11.9 Å². The van der Waals surface area contributed by atoms with Crippen LogP contribution < -0.4 is 0 Å². The van der Waals surface area contributed by atoms with Crippen molar-refractivity contribution in [2.24, 2.45) is 0 Å². The van der Waals surface area contributed by atoms with E-state index in [1.807, 2.05) is 60.7 Å². The minimum Gasteiger partial charge on any atom is -0.458 e. The molecule has 0 aliphatic heterocycles. The molecule has 0 spiro atoms. The summed E-state index contributed by atoms with van der Waals surface area (Å²) < 4.78 is 10.9. The minimum absolute atomic E-state index is 0.367. The SMILES string of the molecule is CC(=O)OC(CC(OC(C)=O)c1ccccc1)c1ccccc1. The molecule has 2 rings (SSSR count). The lowest BCUT2D eigenvalue weighted by atomic mass is 9.98. The van der Waals surface area contributed by atoms with Gasteiger partial charge in [0.25, 0.3) is 0 Å². The molecule has 0 aliphatic rings. The summed E-state index contributed by atoms with van der Waals surface area (Å²) in [7, 11) is 0. The summed E-state index contributed by atoms with van der Waals surface area (Å²) in [5.41, 5.74) is 1.74. The van der Waals surface area contributed by atoms with Crippen molar-refractivity contribution in [3.05, 3.63) is 71.8 Å². The van der Waals surface area contributed by atoms with Crippen molar-refractivity contribution in [1.82, 2.24) is 0 Å². The Bertz CT molecular complexity index is 579. The Labute approximate surface area is 136 Å². The molecule has 2 aromatic rings. The van der Waals surface area contributed by atoms with Crippen LogP contribution >= 0.6 is 0 Å². The van der Waals surface area contributed by atoms with E-state index in [4.69, 9.17) is 9.47 Å². The highest BCUT2D eigenvalue weighted by Crippen LogP contribution is 2.32. The number of carbonyl (C=O) groups is 2. The van der Waals surface area contributed by atoms with Crippen molar-refractivity contribution in [3.63, 3.8) is 0 Å². The summed E-state index contributed by atoms with van der Waals surface area (Å²) in [5, 5.41) is 0. The highest BCUT2D eigenvalue weighted by Gasteiger charge is 2.24. The predicted molar refractivity (Wildman–Crippen MR) is 86.5 cm³/mol. The van der Waals surface area contributed by atoms with Crippen molar-refractivity contribution >= 4 is 11.9 Å². The summed E-state index contributed by atoms with van der Waals surface area (Å²) in [5.74, 6) is -0.734. The van der Waals surface area contributed by atoms with Crippen LogP contribution in [-0.4, -0.2) is 11.9 Å². The molecule has 0 fully saturated rings. The molecule has 0 aromatic heterocycles. The number of carbonyl (C=O) groups excluding carboxylic acids is 2. The average Bonchev–Trinajstić information content (AvgIpc) is 2.54. The van der Waals surface area contributed by atoms with Gasteiger partial charge in [0.05, 0.1) is 0 Å². The third-order valence-electron chi connectivity index (χ3n) is 3.39. The molecule has 0 amide bonds. The smallest absolute Gasteiger partial charge is 0.303 e.